The van der Waals surface area contributed by atoms with E-state index >= 15 is 0 Å². The first-order valence-corrected chi connectivity index (χ1v) is 7.19. The molecular formula is C14H26N2O3. The summed E-state index contributed by atoms with van der Waals surface area (Å²) in [7, 11) is 0. The average Bonchev–Trinajstić information content (AvgIpc) is 2.66. The molecule has 3 N–H and O–H groups in total. The Morgan fingerprint density at radius 3 is 2.53 bits per heavy atom. The minimum Gasteiger partial charge on any atom is -0.481 e. The molecule has 0 radical (unpaired) electrons. The summed E-state index contributed by atoms with van der Waals surface area (Å²) in [6.07, 6.45) is 3.50. The van der Waals surface area contributed by atoms with Crippen molar-refractivity contribution in [1.29, 1.82) is 0 Å². The van der Waals surface area contributed by atoms with Gasteiger partial charge in [-0.2, -0.15) is 0 Å². The van der Waals surface area contributed by atoms with Gasteiger partial charge in [0.1, 0.15) is 0 Å². The Morgan fingerprint density at radius 2 is 2.00 bits per heavy atom. The van der Waals surface area contributed by atoms with Crippen molar-refractivity contribution in [2.75, 3.05) is 6.54 Å². The summed E-state index contributed by atoms with van der Waals surface area (Å²) in [5, 5.41) is 14.5. The summed E-state index contributed by atoms with van der Waals surface area (Å²) in [6.45, 7) is 6.61. The van der Waals surface area contributed by atoms with Gasteiger partial charge in [-0.25, -0.2) is 4.79 Å². The second kappa shape index (κ2) is 7.36. The molecule has 1 rings (SSSR count). The van der Waals surface area contributed by atoms with Gasteiger partial charge in [-0.05, 0) is 37.5 Å². The fourth-order valence-electron chi connectivity index (χ4n) is 2.52. The maximum atomic E-state index is 11.7. The van der Waals surface area contributed by atoms with E-state index in [1.165, 1.54) is 6.42 Å². The van der Waals surface area contributed by atoms with Gasteiger partial charge in [0, 0.05) is 12.6 Å². The van der Waals surface area contributed by atoms with Gasteiger partial charge in [-0.1, -0.05) is 20.8 Å². The van der Waals surface area contributed by atoms with E-state index in [1.54, 1.807) is 6.92 Å². The number of nitrogens with one attached hydrogen (secondary N) is 2. The molecule has 4 unspecified atom stereocenters. The Morgan fingerprint density at radius 1 is 1.32 bits per heavy atom. The molecule has 1 aliphatic carbocycles. The predicted octanol–water partition coefficient (Wildman–Crippen LogP) is 2.22. The van der Waals surface area contributed by atoms with Crippen LogP contribution < -0.4 is 10.6 Å². The zero-order chi connectivity index (χ0) is 14.4. The molecule has 0 saturated heterocycles. The van der Waals surface area contributed by atoms with Crippen LogP contribution in [0.3, 0.4) is 0 Å². The highest BCUT2D eigenvalue weighted by atomic mass is 16.4. The van der Waals surface area contributed by atoms with Crippen LogP contribution in [0.4, 0.5) is 4.79 Å². The molecule has 1 fully saturated rings. The number of hydrogen-bond acceptors (Lipinski definition) is 2. The number of amides is 2. The van der Waals surface area contributed by atoms with E-state index in [9.17, 15) is 9.59 Å². The second-order valence-corrected chi connectivity index (χ2v) is 5.80. The molecule has 1 saturated carbocycles. The van der Waals surface area contributed by atoms with E-state index in [-0.39, 0.29) is 18.0 Å². The third-order valence-corrected chi connectivity index (χ3v) is 4.30. The molecule has 5 heteroatoms. The van der Waals surface area contributed by atoms with E-state index in [1.807, 2.05) is 0 Å². The topological polar surface area (TPSA) is 78.4 Å². The van der Waals surface area contributed by atoms with Crippen LogP contribution in [-0.4, -0.2) is 29.7 Å². The van der Waals surface area contributed by atoms with Crippen molar-refractivity contribution in [3.8, 4) is 0 Å². The number of carboxylic acid groups (broad SMARTS) is 1. The second-order valence-electron chi connectivity index (χ2n) is 5.80. The van der Waals surface area contributed by atoms with Crippen LogP contribution in [0.1, 0.15) is 46.5 Å². The lowest BCUT2D eigenvalue weighted by atomic mass is 9.98. The molecule has 0 aromatic heterocycles. The number of carbonyl (C=O) groups excluding carboxylic acids is 1. The van der Waals surface area contributed by atoms with Gasteiger partial charge in [0.15, 0.2) is 0 Å². The lowest BCUT2D eigenvalue weighted by Gasteiger charge is -2.20. The number of hydrogen-bond donors (Lipinski definition) is 3. The van der Waals surface area contributed by atoms with E-state index < -0.39 is 5.97 Å². The molecule has 0 heterocycles. The van der Waals surface area contributed by atoms with Crippen LogP contribution in [0.2, 0.25) is 0 Å². The summed E-state index contributed by atoms with van der Waals surface area (Å²) >= 11 is 0. The Hall–Kier alpha value is -1.26. The minimum atomic E-state index is -0.779. The molecule has 0 aromatic rings. The predicted molar refractivity (Wildman–Crippen MR) is 73.9 cm³/mol. The number of rotatable bonds is 6. The van der Waals surface area contributed by atoms with Gasteiger partial charge < -0.3 is 15.7 Å². The van der Waals surface area contributed by atoms with E-state index in [2.05, 4.69) is 24.5 Å². The summed E-state index contributed by atoms with van der Waals surface area (Å²) in [4.78, 5) is 22.3. The lowest BCUT2D eigenvalue weighted by Crippen LogP contribution is -2.44. The first-order chi connectivity index (χ1) is 8.91. The van der Waals surface area contributed by atoms with Gasteiger partial charge in [-0.3, -0.25) is 4.79 Å². The first-order valence-electron chi connectivity index (χ1n) is 7.19. The fraction of sp³-hybridized carbons (Fsp3) is 0.857. The Bertz CT molecular complexity index is 320. The van der Waals surface area contributed by atoms with Gasteiger partial charge in [0.2, 0.25) is 0 Å². The van der Waals surface area contributed by atoms with Gasteiger partial charge in [0.25, 0.3) is 0 Å². The minimum absolute atomic E-state index is 0.131. The monoisotopic (exact) mass is 270 g/mol. The average molecular weight is 270 g/mol. The largest absolute Gasteiger partial charge is 0.481 e. The number of urea groups is 1. The highest BCUT2D eigenvalue weighted by Crippen LogP contribution is 2.30. The Kier molecular flexibility index (Phi) is 6.12. The van der Waals surface area contributed by atoms with Gasteiger partial charge in [0.05, 0.1) is 5.92 Å². The molecule has 110 valence electrons. The number of carboxylic acids is 1. The molecule has 4 atom stereocenters. The summed E-state index contributed by atoms with van der Waals surface area (Å²) in [5.41, 5.74) is 0. The van der Waals surface area contributed by atoms with Gasteiger partial charge in [-0.15, -0.1) is 0 Å². The Labute approximate surface area is 115 Å². The van der Waals surface area contributed by atoms with Crippen LogP contribution in [0.5, 0.6) is 0 Å². The quantitative estimate of drug-likeness (QED) is 0.648. The SMILES string of the molecule is CC(CCCNC(=O)NC1CCC(C)C1C)C(=O)O. The summed E-state index contributed by atoms with van der Waals surface area (Å²) in [6, 6.07) is 0.141. The van der Waals surface area contributed by atoms with Crippen molar-refractivity contribution >= 4 is 12.0 Å². The third-order valence-electron chi connectivity index (χ3n) is 4.30. The molecular weight excluding hydrogens is 244 g/mol. The normalized spacial score (nSPS) is 27.8. The first kappa shape index (κ1) is 15.8. The lowest BCUT2D eigenvalue weighted by molar-refractivity contribution is -0.141. The van der Waals surface area contributed by atoms with Gasteiger partial charge >= 0.3 is 12.0 Å². The van der Waals surface area contributed by atoms with Crippen molar-refractivity contribution < 1.29 is 14.7 Å². The smallest absolute Gasteiger partial charge is 0.315 e. The number of carbonyl (C=O) groups is 2. The van der Waals surface area contributed by atoms with E-state index in [0.717, 1.165) is 6.42 Å². The Balaban J connectivity index is 2.13. The number of aliphatic carboxylic acids is 1. The van der Waals surface area contributed by atoms with Crippen molar-refractivity contribution in [2.45, 2.75) is 52.5 Å². The molecule has 2 amide bonds. The third kappa shape index (κ3) is 5.09. The van der Waals surface area contributed by atoms with E-state index in [0.29, 0.717) is 31.2 Å². The molecule has 1 aliphatic rings. The molecule has 0 bridgehead atoms. The van der Waals surface area contributed by atoms with Crippen LogP contribution in [0.25, 0.3) is 0 Å². The standard InChI is InChI=1S/C14H26N2O3/c1-9-6-7-12(11(9)3)16-14(19)15-8-4-5-10(2)13(17)18/h9-12H,4-8H2,1-3H3,(H,17,18)(H2,15,16,19). The molecule has 19 heavy (non-hydrogen) atoms. The van der Waals surface area contributed by atoms with Crippen molar-refractivity contribution in [3.05, 3.63) is 0 Å². The van der Waals surface area contributed by atoms with Crippen LogP contribution in [0, 0.1) is 17.8 Å². The zero-order valence-corrected chi connectivity index (χ0v) is 12.1. The maximum Gasteiger partial charge on any atom is 0.315 e. The highest BCUT2D eigenvalue weighted by Gasteiger charge is 2.30. The van der Waals surface area contributed by atoms with Crippen LogP contribution >= 0.6 is 0 Å². The van der Waals surface area contributed by atoms with E-state index in [4.69, 9.17) is 5.11 Å². The van der Waals surface area contributed by atoms with Crippen molar-refractivity contribution in [2.24, 2.45) is 17.8 Å². The molecule has 0 aromatic carbocycles. The van der Waals surface area contributed by atoms with Crippen molar-refractivity contribution in [1.82, 2.24) is 10.6 Å². The van der Waals surface area contributed by atoms with Crippen molar-refractivity contribution in [3.63, 3.8) is 0 Å². The molecule has 0 aliphatic heterocycles. The molecule has 5 nitrogen and oxygen atoms in total. The van der Waals surface area contributed by atoms with Crippen LogP contribution in [-0.2, 0) is 4.79 Å². The molecule has 0 spiro atoms. The fourth-order valence-corrected chi connectivity index (χ4v) is 2.52. The maximum absolute atomic E-state index is 11.7. The zero-order valence-electron chi connectivity index (χ0n) is 12.1. The van der Waals surface area contributed by atoms with Crippen LogP contribution in [0.15, 0.2) is 0 Å². The summed E-state index contributed by atoms with van der Waals surface area (Å²) in [5.74, 6) is 0.0679. The summed E-state index contributed by atoms with van der Waals surface area (Å²) < 4.78 is 0. The highest BCUT2D eigenvalue weighted by molar-refractivity contribution is 5.74.